The van der Waals surface area contributed by atoms with Gasteiger partial charge in [-0.05, 0) is 61.7 Å². The Morgan fingerprint density at radius 3 is 2.38 bits per heavy atom. The molecule has 2 aliphatic rings. The zero-order valence-electron chi connectivity index (χ0n) is 18.8. The highest BCUT2D eigenvalue weighted by Crippen LogP contribution is 2.57. The van der Waals surface area contributed by atoms with E-state index in [9.17, 15) is 0 Å². The molecule has 5 heteroatoms. The van der Waals surface area contributed by atoms with E-state index < -0.39 is 16.5 Å². The van der Waals surface area contributed by atoms with Gasteiger partial charge < -0.3 is 9.10 Å². The first-order chi connectivity index (χ1) is 13.6. The maximum Gasteiger partial charge on any atom is 0.242 e. The van der Waals surface area contributed by atoms with Gasteiger partial charge in [-0.1, -0.05) is 51.1 Å². The summed E-state index contributed by atoms with van der Waals surface area (Å²) in [5.41, 5.74) is 2.74. The summed E-state index contributed by atoms with van der Waals surface area (Å²) < 4.78 is 12.3. The van der Waals surface area contributed by atoms with Crippen molar-refractivity contribution >= 4 is 27.5 Å². The molecule has 2 aromatic rings. The molecule has 3 nitrogen and oxygen atoms in total. The summed E-state index contributed by atoms with van der Waals surface area (Å²) in [6.45, 7) is 16.1. The number of hydrogen-bond acceptors (Lipinski definition) is 3. The highest BCUT2D eigenvalue weighted by atomic mass is 31.1. The van der Waals surface area contributed by atoms with Crippen LogP contribution < -0.4 is 14.4 Å². The van der Waals surface area contributed by atoms with E-state index >= 15 is 0 Å². The minimum absolute atomic E-state index is 0.0576. The SMILES string of the molecule is CC(C)(C)c1cccc(P2N(c3ccccc3)C[C@@H]3CCCN32)c1O[Si](C)(C)C. The maximum atomic E-state index is 6.84. The summed E-state index contributed by atoms with van der Waals surface area (Å²) in [6.07, 6.45) is 2.63. The predicted octanol–water partition coefficient (Wildman–Crippen LogP) is 6.12. The zero-order chi connectivity index (χ0) is 20.8. The van der Waals surface area contributed by atoms with E-state index in [0.717, 1.165) is 6.54 Å². The number of fused-ring (bicyclic) bond motifs is 1. The van der Waals surface area contributed by atoms with Gasteiger partial charge in [-0.2, -0.15) is 0 Å². The fraction of sp³-hybridized carbons (Fsp3) is 0.500. The van der Waals surface area contributed by atoms with Gasteiger partial charge in [-0.15, -0.1) is 0 Å². The molecule has 0 aliphatic carbocycles. The van der Waals surface area contributed by atoms with Crippen LogP contribution in [0.2, 0.25) is 19.6 Å². The van der Waals surface area contributed by atoms with Crippen molar-refractivity contribution in [3.05, 3.63) is 54.1 Å². The maximum absolute atomic E-state index is 6.84. The summed E-state index contributed by atoms with van der Waals surface area (Å²) in [5, 5.41) is 1.41. The summed E-state index contributed by atoms with van der Waals surface area (Å²) in [5.74, 6) is 1.17. The number of nitrogens with zero attached hydrogens (tertiary/aromatic N) is 2. The first-order valence-corrected chi connectivity index (χ1v) is 15.5. The van der Waals surface area contributed by atoms with Crippen LogP contribution in [0.4, 0.5) is 5.69 Å². The fourth-order valence-corrected chi connectivity index (χ4v) is 8.26. The normalized spacial score (nSPS) is 22.8. The molecule has 156 valence electrons. The lowest BCUT2D eigenvalue weighted by atomic mass is 9.86. The second-order valence-electron chi connectivity index (χ2n) is 10.3. The largest absolute Gasteiger partial charge is 0.544 e. The Bertz CT molecular complexity index is 859. The molecule has 0 N–H and O–H groups in total. The number of para-hydroxylation sites is 2. The van der Waals surface area contributed by atoms with Crippen molar-refractivity contribution in [3.8, 4) is 5.75 Å². The number of rotatable bonds is 4. The molecule has 0 aromatic heterocycles. The molecule has 0 spiro atoms. The van der Waals surface area contributed by atoms with E-state index in [-0.39, 0.29) is 5.41 Å². The van der Waals surface area contributed by atoms with Crippen LogP contribution in [0.5, 0.6) is 5.75 Å². The Hall–Kier alpha value is -1.35. The quantitative estimate of drug-likeness (QED) is 0.433. The van der Waals surface area contributed by atoms with Gasteiger partial charge in [0.05, 0.1) is 5.30 Å². The first kappa shape index (κ1) is 20.9. The van der Waals surface area contributed by atoms with Crippen molar-refractivity contribution in [2.45, 2.75) is 64.7 Å². The molecule has 0 amide bonds. The molecule has 29 heavy (non-hydrogen) atoms. The van der Waals surface area contributed by atoms with E-state index in [0.29, 0.717) is 6.04 Å². The van der Waals surface area contributed by atoms with Crippen LogP contribution in [-0.2, 0) is 5.41 Å². The van der Waals surface area contributed by atoms with Gasteiger partial charge in [-0.3, -0.25) is 4.67 Å². The highest BCUT2D eigenvalue weighted by Gasteiger charge is 2.45. The highest BCUT2D eigenvalue weighted by molar-refractivity contribution is 7.65. The summed E-state index contributed by atoms with van der Waals surface area (Å²) in [4.78, 5) is 0. The lowest BCUT2D eigenvalue weighted by Crippen LogP contribution is -2.35. The van der Waals surface area contributed by atoms with E-state index in [2.05, 4.69) is 98.3 Å². The molecule has 0 bridgehead atoms. The molecular weight excluding hydrogens is 391 g/mol. The molecular formula is C24H35N2OPSi. The smallest absolute Gasteiger partial charge is 0.242 e. The van der Waals surface area contributed by atoms with E-state index in [1.54, 1.807) is 0 Å². The Balaban J connectivity index is 1.86. The molecule has 2 saturated heterocycles. The van der Waals surface area contributed by atoms with Crippen molar-refractivity contribution in [2.75, 3.05) is 17.8 Å². The van der Waals surface area contributed by atoms with Crippen molar-refractivity contribution in [2.24, 2.45) is 0 Å². The van der Waals surface area contributed by atoms with E-state index in [1.807, 2.05) is 0 Å². The monoisotopic (exact) mass is 426 g/mol. The zero-order valence-corrected chi connectivity index (χ0v) is 20.7. The average Bonchev–Trinajstić information content (AvgIpc) is 3.21. The van der Waals surface area contributed by atoms with Crippen LogP contribution in [0.1, 0.15) is 39.2 Å². The van der Waals surface area contributed by atoms with Crippen LogP contribution in [0.25, 0.3) is 0 Å². The van der Waals surface area contributed by atoms with E-state index in [4.69, 9.17) is 4.43 Å². The second-order valence-corrected chi connectivity index (χ2v) is 16.8. The molecule has 2 atom stereocenters. The predicted molar refractivity (Wildman–Crippen MR) is 129 cm³/mol. The van der Waals surface area contributed by atoms with Gasteiger partial charge in [0.15, 0.2) is 0 Å². The van der Waals surface area contributed by atoms with Gasteiger partial charge in [0.1, 0.15) is 14.0 Å². The third kappa shape index (κ3) is 4.26. The molecule has 2 aliphatic heterocycles. The van der Waals surface area contributed by atoms with Crippen molar-refractivity contribution in [1.82, 2.24) is 4.67 Å². The molecule has 4 rings (SSSR count). The lowest BCUT2D eigenvalue weighted by Gasteiger charge is -2.35. The lowest BCUT2D eigenvalue weighted by molar-refractivity contribution is 0.466. The Morgan fingerprint density at radius 2 is 1.72 bits per heavy atom. The van der Waals surface area contributed by atoms with Crippen LogP contribution in [0, 0.1) is 0 Å². The second kappa shape index (κ2) is 7.72. The minimum atomic E-state index is -1.75. The third-order valence-electron chi connectivity index (χ3n) is 5.68. The molecule has 0 saturated carbocycles. The van der Waals surface area contributed by atoms with Gasteiger partial charge >= 0.3 is 0 Å². The van der Waals surface area contributed by atoms with Gasteiger partial charge in [0.25, 0.3) is 0 Å². The van der Waals surface area contributed by atoms with Crippen molar-refractivity contribution < 1.29 is 4.43 Å². The molecule has 2 fully saturated rings. The molecule has 2 aromatic carbocycles. The Labute approximate surface area is 179 Å². The summed E-state index contributed by atoms with van der Waals surface area (Å²) in [6, 6.07) is 18.5. The molecule has 2 heterocycles. The first-order valence-electron chi connectivity index (χ1n) is 10.9. The number of hydrogen-bond donors (Lipinski definition) is 0. The third-order valence-corrected chi connectivity index (χ3v) is 9.15. The summed E-state index contributed by atoms with van der Waals surface area (Å²) in [7, 11) is -2.35. The average molecular weight is 427 g/mol. The fourth-order valence-electron chi connectivity index (χ4n) is 4.44. The molecule has 1 unspecified atom stereocenters. The van der Waals surface area contributed by atoms with Crippen LogP contribution in [-0.4, -0.2) is 32.1 Å². The standard InChI is InChI=1S/C24H35N2OPSi/c1-24(2,3)21-15-10-16-22(23(21)27-29(4,5)6)28-25-17-11-14-20(25)18-26(28)19-12-8-7-9-13-19/h7-10,12-13,15-16,20H,11,14,17-18H2,1-6H3/t20-,28?/m0/s1. The Morgan fingerprint density at radius 1 is 1.00 bits per heavy atom. The number of anilines is 1. The van der Waals surface area contributed by atoms with Crippen LogP contribution in [0.3, 0.4) is 0 Å². The van der Waals surface area contributed by atoms with Crippen molar-refractivity contribution in [3.63, 3.8) is 0 Å². The van der Waals surface area contributed by atoms with Crippen LogP contribution in [0.15, 0.2) is 48.5 Å². The van der Waals surface area contributed by atoms with Crippen LogP contribution >= 0.6 is 8.22 Å². The summed E-state index contributed by atoms with van der Waals surface area (Å²) >= 11 is 0. The van der Waals surface area contributed by atoms with E-state index in [1.165, 1.54) is 41.7 Å². The Kier molecular flexibility index (Phi) is 5.56. The van der Waals surface area contributed by atoms with Crippen molar-refractivity contribution in [1.29, 1.82) is 0 Å². The molecule has 0 radical (unpaired) electrons. The topological polar surface area (TPSA) is 15.7 Å². The minimum Gasteiger partial charge on any atom is -0.544 e. The van der Waals surface area contributed by atoms with Gasteiger partial charge in [0.2, 0.25) is 8.32 Å². The van der Waals surface area contributed by atoms with Gasteiger partial charge in [0, 0.05) is 24.8 Å². The van der Waals surface area contributed by atoms with Gasteiger partial charge in [-0.25, -0.2) is 0 Å². The number of benzene rings is 2.